The second-order valence-electron chi connectivity index (χ2n) is 4.65. The number of ether oxygens (including phenoxy) is 1. The Labute approximate surface area is 121 Å². The van der Waals surface area contributed by atoms with Crippen molar-refractivity contribution >= 4 is 17.5 Å². The summed E-state index contributed by atoms with van der Waals surface area (Å²) in [5.41, 5.74) is 1.43. The molecule has 0 unspecified atom stereocenters. The van der Waals surface area contributed by atoms with Crippen LogP contribution in [-0.4, -0.2) is 25.5 Å². The normalized spacial score (nSPS) is 14.4. The number of fused-ring (bicyclic) bond motifs is 1. The third-order valence-corrected chi connectivity index (χ3v) is 3.34. The summed E-state index contributed by atoms with van der Waals surface area (Å²) in [6.07, 6.45) is 1.41. The van der Waals surface area contributed by atoms with Crippen molar-refractivity contribution in [1.82, 2.24) is 5.32 Å². The van der Waals surface area contributed by atoms with Crippen LogP contribution in [0.15, 0.2) is 41.0 Å². The quantitative estimate of drug-likeness (QED) is 0.929. The Morgan fingerprint density at radius 1 is 1.24 bits per heavy atom. The second-order valence-corrected chi connectivity index (χ2v) is 4.65. The lowest BCUT2D eigenvalue weighted by atomic mass is 10.2. The summed E-state index contributed by atoms with van der Waals surface area (Å²) in [7, 11) is 1.60. The first-order valence-electron chi connectivity index (χ1n) is 6.48. The molecule has 0 saturated carbocycles. The summed E-state index contributed by atoms with van der Waals surface area (Å²) in [6, 6.07) is 9.05. The van der Waals surface area contributed by atoms with Crippen molar-refractivity contribution < 1.29 is 18.7 Å². The summed E-state index contributed by atoms with van der Waals surface area (Å²) < 4.78 is 10.3. The summed E-state index contributed by atoms with van der Waals surface area (Å²) >= 11 is 0. The molecule has 6 nitrogen and oxygen atoms in total. The maximum Gasteiger partial charge on any atom is 0.289 e. The maximum atomic E-state index is 12.2. The van der Waals surface area contributed by atoms with Crippen LogP contribution in [0.25, 0.3) is 0 Å². The van der Waals surface area contributed by atoms with Crippen LogP contribution < -0.4 is 15.0 Å². The van der Waals surface area contributed by atoms with E-state index in [0.717, 1.165) is 11.3 Å². The van der Waals surface area contributed by atoms with E-state index >= 15 is 0 Å². The molecular weight excluding hydrogens is 272 g/mol. The van der Waals surface area contributed by atoms with Crippen molar-refractivity contribution in [3.63, 3.8) is 0 Å². The van der Waals surface area contributed by atoms with Crippen molar-refractivity contribution in [2.24, 2.45) is 0 Å². The van der Waals surface area contributed by atoms with Gasteiger partial charge in [0.15, 0.2) is 0 Å². The Hall–Kier alpha value is -2.76. The smallest absolute Gasteiger partial charge is 0.289 e. The van der Waals surface area contributed by atoms with Crippen molar-refractivity contribution in [2.45, 2.75) is 6.54 Å². The van der Waals surface area contributed by atoms with Crippen LogP contribution >= 0.6 is 0 Å². The number of furan rings is 1. The van der Waals surface area contributed by atoms with Gasteiger partial charge in [-0.3, -0.25) is 9.59 Å². The molecule has 2 amide bonds. The molecule has 2 aromatic rings. The Bertz CT molecular complexity index is 675. The number of methoxy groups -OCH3 is 1. The van der Waals surface area contributed by atoms with E-state index in [1.807, 2.05) is 24.3 Å². The highest BCUT2D eigenvalue weighted by atomic mass is 16.5. The number of nitrogens with one attached hydrogen (secondary N) is 1. The van der Waals surface area contributed by atoms with Gasteiger partial charge in [-0.15, -0.1) is 0 Å². The molecular formula is C15H14N2O4. The van der Waals surface area contributed by atoms with Gasteiger partial charge in [-0.1, -0.05) is 12.1 Å². The number of carbonyl (C=O) groups is 2. The fraction of sp³-hybridized carbons (Fsp3) is 0.200. The van der Waals surface area contributed by atoms with Crippen LogP contribution in [0.2, 0.25) is 0 Å². The zero-order valence-corrected chi connectivity index (χ0v) is 11.5. The minimum Gasteiger partial charge on any atom is -0.497 e. The van der Waals surface area contributed by atoms with Gasteiger partial charge in [-0.2, -0.15) is 0 Å². The van der Waals surface area contributed by atoms with E-state index < -0.39 is 0 Å². The average molecular weight is 286 g/mol. The molecule has 1 aliphatic rings. The minimum absolute atomic E-state index is 0.0425. The number of benzene rings is 1. The van der Waals surface area contributed by atoms with Gasteiger partial charge in [0, 0.05) is 6.07 Å². The van der Waals surface area contributed by atoms with Gasteiger partial charge in [0.05, 0.1) is 32.1 Å². The van der Waals surface area contributed by atoms with Crippen molar-refractivity contribution in [2.75, 3.05) is 18.6 Å². The molecule has 0 bridgehead atoms. The first-order chi connectivity index (χ1) is 10.2. The number of carbonyl (C=O) groups excluding carboxylic acids is 2. The zero-order chi connectivity index (χ0) is 14.8. The van der Waals surface area contributed by atoms with E-state index in [9.17, 15) is 9.59 Å². The molecule has 1 N–H and O–H groups in total. The molecule has 1 aromatic carbocycles. The highest BCUT2D eigenvalue weighted by Gasteiger charge is 2.28. The van der Waals surface area contributed by atoms with Crippen LogP contribution in [0, 0.1) is 0 Å². The standard InChI is InChI=1S/C15H14N2O4/c1-20-11-4-2-10(3-5-11)9-17-12-6-7-21-14(12)15(19)16-8-13(17)18/h2-7H,8-9H2,1H3,(H,16,19). The molecule has 0 saturated heterocycles. The molecule has 3 rings (SSSR count). The molecule has 1 aromatic heterocycles. The van der Waals surface area contributed by atoms with E-state index in [2.05, 4.69) is 5.32 Å². The maximum absolute atomic E-state index is 12.2. The average Bonchev–Trinajstić information content (AvgIpc) is 2.96. The second kappa shape index (κ2) is 5.32. The Morgan fingerprint density at radius 3 is 2.71 bits per heavy atom. The van der Waals surface area contributed by atoms with Crippen molar-refractivity contribution in [1.29, 1.82) is 0 Å². The Balaban J connectivity index is 1.90. The van der Waals surface area contributed by atoms with Crippen molar-refractivity contribution in [3.8, 4) is 5.75 Å². The molecule has 2 heterocycles. The van der Waals surface area contributed by atoms with E-state index in [1.165, 1.54) is 6.26 Å². The largest absolute Gasteiger partial charge is 0.497 e. The summed E-state index contributed by atoms with van der Waals surface area (Å²) in [5, 5.41) is 2.53. The van der Waals surface area contributed by atoms with E-state index in [1.54, 1.807) is 18.1 Å². The Kier molecular flexibility index (Phi) is 3.35. The fourth-order valence-electron chi connectivity index (χ4n) is 2.24. The predicted octanol–water partition coefficient (Wildman–Crippen LogP) is 1.56. The van der Waals surface area contributed by atoms with E-state index in [0.29, 0.717) is 12.2 Å². The van der Waals surface area contributed by atoms with Gasteiger partial charge in [-0.05, 0) is 17.7 Å². The number of rotatable bonds is 3. The highest BCUT2D eigenvalue weighted by Crippen LogP contribution is 2.26. The van der Waals surface area contributed by atoms with Crippen LogP contribution in [0.5, 0.6) is 5.75 Å². The molecule has 0 atom stereocenters. The van der Waals surface area contributed by atoms with Crippen LogP contribution in [-0.2, 0) is 11.3 Å². The molecule has 1 aliphatic heterocycles. The SMILES string of the molecule is COc1ccc(CN2C(=O)CNC(=O)c3occc32)cc1. The number of nitrogens with zero attached hydrogens (tertiary/aromatic N) is 1. The first kappa shape index (κ1) is 13.2. The molecule has 0 fully saturated rings. The topological polar surface area (TPSA) is 71.8 Å². The van der Waals surface area contributed by atoms with Crippen LogP contribution in [0.4, 0.5) is 5.69 Å². The summed E-state index contributed by atoms with van der Waals surface area (Å²) in [6.45, 7) is 0.323. The fourth-order valence-corrected chi connectivity index (χ4v) is 2.24. The Morgan fingerprint density at radius 2 is 2.00 bits per heavy atom. The predicted molar refractivity (Wildman–Crippen MR) is 75.2 cm³/mol. The molecule has 108 valence electrons. The molecule has 21 heavy (non-hydrogen) atoms. The highest BCUT2D eigenvalue weighted by molar-refractivity contribution is 6.07. The monoisotopic (exact) mass is 286 g/mol. The van der Waals surface area contributed by atoms with Gasteiger partial charge >= 0.3 is 0 Å². The zero-order valence-electron chi connectivity index (χ0n) is 11.5. The third-order valence-electron chi connectivity index (χ3n) is 3.34. The summed E-state index contributed by atoms with van der Waals surface area (Å²) in [5.74, 6) is 0.357. The van der Waals surface area contributed by atoms with Crippen LogP contribution in [0.3, 0.4) is 0 Å². The number of anilines is 1. The molecule has 6 heteroatoms. The summed E-state index contributed by atoms with van der Waals surface area (Å²) in [4.78, 5) is 25.5. The van der Waals surface area contributed by atoms with Crippen molar-refractivity contribution in [3.05, 3.63) is 47.9 Å². The minimum atomic E-state index is -0.374. The van der Waals surface area contributed by atoms with Gasteiger partial charge in [0.1, 0.15) is 5.75 Å². The number of amides is 2. The van der Waals surface area contributed by atoms with E-state index in [-0.39, 0.29) is 24.1 Å². The molecule has 0 spiro atoms. The molecule has 0 aliphatic carbocycles. The number of hydrogen-bond donors (Lipinski definition) is 1. The first-order valence-corrected chi connectivity index (χ1v) is 6.48. The van der Waals surface area contributed by atoms with Gasteiger partial charge in [0.25, 0.3) is 5.91 Å². The lowest BCUT2D eigenvalue weighted by Crippen LogP contribution is -2.36. The lowest BCUT2D eigenvalue weighted by Gasteiger charge is -2.20. The molecule has 0 radical (unpaired) electrons. The van der Waals surface area contributed by atoms with Crippen LogP contribution in [0.1, 0.15) is 16.1 Å². The third kappa shape index (κ3) is 2.47. The van der Waals surface area contributed by atoms with E-state index in [4.69, 9.17) is 9.15 Å². The van der Waals surface area contributed by atoms with Gasteiger partial charge in [0.2, 0.25) is 11.7 Å². The lowest BCUT2D eigenvalue weighted by molar-refractivity contribution is -0.117. The number of hydrogen-bond acceptors (Lipinski definition) is 4. The van der Waals surface area contributed by atoms with Gasteiger partial charge in [-0.25, -0.2) is 0 Å². The van der Waals surface area contributed by atoms with Gasteiger partial charge < -0.3 is 19.4 Å².